The molecular formula is C22H28N2OS. The molecule has 0 bridgehead atoms. The number of thioether (sulfide) groups is 1. The molecule has 1 saturated heterocycles. The van der Waals surface area contributed by atoms with E-state index in [1.165, 1.54) is 16.7 Å². The number of piperazine rings is 1. The van der Waals surface area contributed by atoms with Crippen LogP contribution in [0, 0.1) is 6.92 Å². The Morgan fingerprint density at radius 3 is 2.35 bits per heavy atom. The van der Waals surface area contributed by atoms with Gasteiger partial charge >= 0.3 is 0 Å². The van der Waals surface area contributed by atoms with E-state index in [9.17, 15) is 4.79 Å². The summed E-state index contributed by atoms with van der Waals surface area (Å²) in [5.41, 5.74) is 4.82. The van der Waals surface area contributed by atoms with Crippen molar-refractivity contribution < 1.29 is 4.79 Å². The van der Waals surface area contributed by atoms with Crippen LogP contribution in [0.4, 0.5) is 0 Å². The average Bonchev–Trinajstić information content (AvgIpc) is 2.68. The third-order valence-corrected chi connectivity index (χ3v) is 5.93. The van der Waals surface area contributed by atoms with Gasteiger partial charge in [0, 0.05) is 44.0 Å². The highest BCUT2D eigenvalue weighted by molar-refractivity contribution is 7.98. The minimum Gasteiger partial charge on any atom is -0.336 e. The first kappa shape index (κ1) is 19.0. The van der Waals surface area contributed by atoms with Gasteiger partial charge in [-0.2, -0.15) is 11.8 Å². The molecule has 0 atom stereocenters. The summed E-state index contributed by atoms with van der Waals surface area (Å²) in [4.78, 5) is 17.2. The van der Waals surface area contributed by atoms with Crippen LogP contribution in [0.3, 0.4) is 0 Å². The molecule has 4 heteroatoms. The second kappa shape index (κ2) is 9.24. The van der Waals surface area contributed by atoms with E-state index in [0.29, 0.717) is 0 Å². The maximum atomic E-state index is 12.7. The summed E-state index contributed by atoms with van der Waals surface area (Å²) >= 11 is 1.90. The molecule has 0 saturated carbocycles. The number of hydrogen-bond acceptors (Lipinski definition) is 3. The number of amides is 1. The molecule has 1 amide bonds. The third-order valence-electron chi connectivity index (χ3n) is 4.99. The highest BCUT2D eigenvalue weighted by atomic mass is 32.2. The summed E-state index contributed by atoms with van der Waals surface area (Å²) in [6.07, 6.45) is 0. The topological polar surface area (TPSA) is 23.6 Å². The van der Waals surface area contributed by atoms with Crippen molar-refractivity contribution in [1.29, 1.82) is 0 Å². The monoisotopic (exact) mass is 368 g/mol. The minimum absolute atomic E-state index is 0.162. The Kier molecular flexibility index (Phi) is 6.75. The van der Waals surface area contributed by atoms with Crippen molar-refractivity contribution in [2.45, 2.75) is 26.1 Å². The summed E-state index contributed by atoms with van der Waals surface area (Å²) in [6.45, 7) is 8.78. The van der Waals surface area contributed by atoms with Gasteiger partial charge < -0.3 is 4.90 Å². The fourth-order valence-corrected chi connectivity index (χ4v) is 3.92. The number of carbonyl (C=O) groups excluding carboxylic acids is 1. The zero-order valence-corrected chi connectivity index (χ0v) is 16.6. The summed E-state index contributed by atoms with van der Waals surface area (Å²) in [6, 6.07) is 16.7. The fraction of sp³-hybridized carbons (Fsp3) is 0.409. The van der Waals surface area contributed by atoms with E-state index in [-0.39, 0.29) is 5.91 Å². The van der Waals surface area contributed by atoms with Gasteiger partial charge in [-0.15, -0.1) is 0 Å². The molecule has 26 heavy (non-hydrogen) atoms. The molecule has 1 aliphatic rings. The lowest BCUT2D eigenvalue weighted by Gasteiger charge is -2.35. The summed E-state index contributed by atoms with van der Waals surface area (Å²) in [5, 5.41) is 0. The zero-order chi connectivity index (χ0) is 18.4. The third kappa shape index (κ3) is 4.89. The van der Waals surface area contributed by atoms with E-state index in [4.69, 9.17) is 0 Å². The van der Waals surface area contributed by atoms with E-state index >= 15 is 0 Å². The first-order valence-corrected chi connectivity index (χ1v) is 10.6. The van der Waals surface area contributed by atoms with Crippen LogP contribution in [0.15, 0.2) is 48.5 Å². The number of rotatable bonds is 6. The van der Waals surface area contributed by atoms with Crippen LogP contribution in [0.25, 0.3) is 0 Å². The molecule has 0 aliphatic carbocycles. The van der Waals surface area contributed by atoms with Crippen LogP contribution < -0.4 is 0 Å². The quantitative estimate of drug-likeness (QED) is 0.763. The molecule has 0 N–H and O–H groups in total. The normalized spacial score (nSPS) is 15.2. The summed E-state index contributed by atoms with van der Waals surface area (Å²) < 4.78 is 0. The largest absolute Gasteiger partial charge is 0.336 e. The van der Waals surface area contributed by atoms with Crippen molar-refractivity contribution in [3.63, 3.8) is 0 Å². The number of aryl methyl sites for hydroxylation is 1. The highest BCUT2D eigenvalue weighted by Crippen LogP contribution is 2.16. The van der Waals surface area contributed by atoms with E-state index in [0.717, 1.165) is 49.8 Å². The molecule has 0 spiro atoms. The SMILES string of the molecule is CCSCc1ccc(C(=O)N2CCN(Cc3ccccc3C)CC2)cc1. The molecule has 2 aromatic carbocycles. The molecule has 3 rings (SSSR count). The van der Waals surface area contributed by atoms with Crippen molar-refractivity contribution in [2.75, 3.05) is 31.9 Å². The molecule has 138 valence electrons. The van der Waals surface area contributed by atoms with E-state index < -0.39 is 0 Å². The van der Waals surface area contributed by atoms with Gasteiger partial charge in [-0.25, -0.2) is 0 Å². The highest BCUT2D eigenvalue weighted by Gasteiger charge is 2.22. The van der Waals surface area contributed by atoms with Crippen LogP contribution >= 0.6 is 11.8 Å². The lowest BCUT2D eigenvalue weighted by molar-refractivity contribution is 0.0628. The number of carbonyl (C=O) groups is 1. The predicted octanol–water partition coefficient (Wildman–Crippen LogP) is 4.21. The van der Waals surface area contributed by atoms with E-state index in [1.54, 1.807) is 0 Å². The van der Waals surface area contributed by atoms with Crippen LogP contribution in [0.1, 0.15) is 34.0 Å². The average molecular weight is 369 g/mol. The van der Waals surface area contributed by atoms with Crippen molar-refractivity contribution in [1.82, 2.24) is 9.80 Å². The number of hydrogen-bond donors (Lipinski definition) is 0. The van der Waals surface area contributed by atoms with Gasteiger partial charge in [0.05, 0.1) is 0 Å². The van der Waals surface area contributed by atoms with Crippen LogP contribution in [0.2, 0.25) is 0 Å². The lowest BCUT2D eigenvalue weighted by Crippen LogP contribution is -2.48. The Balaban J connectivity index is 1.52. The predicted molar refractivity (Wildman–Crippen MR) is 111 cm³/mol. The molecule has 3 nitrogen and oxygen atoms in total. The second-order valence-electron chi connectivity index (χ2n) is 6.83. The maximum absolute atomic E-state index is 12.7. The van der Waals surface area contributed by atoms with Gasteiger partial charge in [-0.1, -0.05) is 43.3 Å². The van der Waals surface area contributed by atoms with Gasteiger partial charge in [0.2, 0.25) is 0 Å². The first-order valence-electron chi connectivity index (χ1n) is 9.40. The van der Waals surface area contributed by atoms with Crippen LogP contribution in [0.5, 0.6) is 0 Å². The van der Waals surface area contributed by atoms with Crippen molar-refractivity contribution in [3.8, 4) is 0 Å². The smallest absolute Gasteiger partial charge is 0.253 e. The van der Waals surface area contributed by atoms with Gasteiger partial charge in [-0.05, 0) is 41.5 Å². The van der Waals surface area contributed by atoms with E-state index in [1.807, 2.05) is 28.8 Å². The molecule has 1 fully saturated rings. The van der Waals surface area contributed by atoms with Crippen LogP contribution in [-0.4, -0.2) is 47.6 Å². The Bertz CT molecular complexity index is 721. The van der Waals surface area contributed by atoms with Crippen molar-refractivity contribution in [3.05, 3.63) is 70.8 Å². The molecule has 1 aliphatic heterocycles. The van der Waals surface area contributed by atoms with Crippen LogP contribution in [-0.2, 0) is 12.3 Å². The first-order chi connectivity index (χ1) is 12.7. The molecule has 0 unspecified atom stereocenters. The molecule has 1 heterocycles. The molecule has 2 aromatic rings. The zero-order valence-electron chi connectivity index (χ0n) is 15.8. The van der Waals surface area contributed by atoms with Crippen molar-refractivity contribution in [2.24, 2.45) is 0 Å². The lowest BCUT2D eigenvalue weighted by atomic mass is 10.1. The Morgan fingerprint density at radius 1 is 1.00 bits per heavy atom. The van der Waals surface area contributed by atoms with E-state index in [2.05, 4.69) is 55.1 Å². The Morgan fingerprint density at radius 2 is 1.69 bits per heavy atom. The van der Waals surface area contributed by atoms with Gasteiger partial charge in [0.15, 0.2) is 0 Å². The molecule has 0 radical (unpaired) electrons. The number of benzene rings is 2. The second-order valence-corrected chi connectivity index (χ2v) is 8.10. The summed E-state index contributed by atoms with van der Waals surface area (Å²) in [7, 11) is 0. The summed E-state index contributed by atoms with van der Waals surface area (Å²) in [5.74, 6) is 2.30. The van der Waals surface area contributed by atoms with Crippen molar-refractivity contribution >= 4 is 17.7 Å². The molecule has 0 aromatic heterocycles. The maximum Gasteiger partial charge on any atom is 0.253 e. The standard InChI is InChI=1S/C22H28N2OS/c1-3-26-17-19-8-10-20(11-9-19)22(25)24-14-12-23(13-15-24)16-21-7-5-4-6-18(21)2/h4-11H,3,12-17H2,1-2H3. The van der Waals surface area contributed by atoms with Gasteiger partial charge in [0.1, 0.15) is 0 Å². The van der Waals surface area contributed by atoms with Gasteiger partial charge in [0.25, 0.3) is 5.91 Å². The van der Waals surface area contributed by atoms with Gasteiger partial charge in [-0.3, -0.25) is 9.69 Å². The molecular weight excluding hydrogens is 340 g/mol. The Hall–Kier alpha value is -1.78. The number of nitrogens with zero attached hydrogens (tertiary/aromatic N) is 2. The fourth-order valence-electron chi connectivity index (χ4n) is 3.28. The minimum atomic E-state index is 0.162. The Labute approximate surface area is 161 Å².